The maximum absolute atomic E-state index is 5.15. The Bertz CT molecular complexity index is 774. The average Bonchev–Trinajstić information content (AvgIpc) is 3.10. The molecule has 0 radical (unpaired) electrons. The van der Waals surface area contributed by atoms with Gasteiger partial charge in [-0.2, -0.15) is 0 Å². The number of rotatable bonds is 8. The van der Waals surface area contributed by atoms with E-state index in [-0.39, 0.29) is 0 Å². The van der Waals surface area contributed by atoms with Crippen molar-refractivity contribution in [2.75, 3.05) is 31.4 Å². The van der Waals surface area contributed by atoms with E-state index in [1.54, 1.807) is 18.9 Å². The van der Waals surface area contributed by atoms with Gasteiger partial charge < -0.3 is 9.64 Å². The molecule has 0 aliphatic rings. The van der Waals surface area contributed by atoms with E-state index in [2.05, 4.69) is 70.0 Å². The Kier molecular flexibility index (Phi) is 6.14. The second-order valence-corrected chi connectivity index (χ2v) is 6.72. The molecule has 0 unspecified atom stereocenters. The van der Waals surface area contributed by atoms with E-state index in [9.17, 15) is 0 Å². The highest BCUT2D eigenvalue weighted by Gasteiger charge is 2.16. The lowest BCUT2D eigenvalue weighted by atomic mass is 10.3. The second kappa shape index (κ2) is 8.74. The summed E-state index contributed by atoms with van der Waals surface area (Å²) in [6.07, 6.45) is 2.95. The summed E-state index contributed by atoms with van der Waals surface area (Å²) in [6.45, 7) is 0.774. The number of imidazole rings is 1. The van der Waals surface area contributed by atoms with E-state index >= 15 is 0 Å². The third-order valence-corrected chi connectivity index (χ3v) is 4.98. The van der Waals surface area contributed by atoms with Crippen molar-refractivity contribution >= 4 is 23.3 Å². The van der Waals surface area contributed by atoms with Crippen LogP contribution in [0.25, 0.3) is 5.69 Å². The van der Waals surface area contributed by atoms with Gasteiger partial charge in [-0.3, -0.25) is 4.57 Å². The minimum Gasteiger partial charge on any atom is -0.385 e. The van der Waals surface area contributed by atoms with Crippen molar-refractivity contribution in [3.63, 3.8) is 0 Å². The molecule has 0 saturated heterocycles. The standard InChI is InChI=1S/C20H23N3OS/c1-22(17-10-5-3-6-11-17)19-16-21-20(25-15-9-14-24-2)23(19)18-12-7-4-8-13-18/h3-8,10-13,16H,9,14-15H2,1-2H3. The molecule has 0 atom stereocenters. The van der Waals surface area contributed by atoms with Crippen molar-refractivity contribution in [3.8, 4) is 5.69 Å². The van der Waals surface area contributed by atoms with Gasteiger partial charge in [0.25, 0.3) is 0 Å². The van der Waals surface area contributed by atoms with Crippen LogP contribution in [-0.4, -0.2) is 36.1 Å². The van der Waals surface area contributed by atoms with E-state index in [0.717, 1.165) is 41.1 Å². The summed E-state index contributed by atoms with van der Waals surface area (Å²) in [5.74, 6) is 2.03. The van der Waals surface area contributed by atoms with Crippen LogP contribution in [0.4, 0.5) is 11.5 Å². The van der Waals surface area contributed by atoms with Crippen LogP contribution in [0.1, 0.15) is 6.42 Å². The molecule has 5 heteroatoms. The zero-order chi connectivity index (χ0) is 17.5. The molecule has 0 bridgehead atoms. The van der Waals surface area contributed by atoms with Crippen molar-refractivity contribution in [2.45, 2.75) is 11.6 Å². The number of nitrogens with zero attached hydrogens (tertiary/aromatic N) is 3. The first-order valence-electron chi connectivity index (χ1n) is 8.35. The third kappa shape index (κ3) is 4.24. The molecule has 0 spiro atoms. The van der Waals surface area contributed by atoms with E-state index in [0.29, 0.717) is 0 Å². The summed E-state index contributed by atoms with van der Waals surface area (Å²) in [5, 5.41) is 1.00. The number of hydrogen-bond acceptors (Lipinski definition) is 4. The fourth-order valence-corrected chi connectivity index (χ4v) is 3.54. The summed E-state index contributed by atoms with van der Waals surface area (Å²) in [4.78, 5) is 6.85. The van der Waals surface area contributed by atoms with Gasteiger partial charge in [-0.15, -0.1) is 0 Å². The molecule has 3 rings (SSSR count). The topological polar surface area (TPSA) is 30.3 Å². The van der Waals surface area contributed by atoms with Crippen molar-refractivity contribution in [1.82, 2.24) is 9.55 Å². The number of aromatic nitrogens is 2. The number of para-hydroxylation sites is 2. The Morgan fingerprint density at radius 3 is 2.40 bits per heavy atom. The van der Waals surface area contributed by atoms with Gasteiger partial charge in [-0.1, -0.05) is 48.2 Å². The van der Waals surface area contributed by atoms with E-state index < -0.39 is 0 Å². The summed E-state index contributed by atoms with van der Waals surface area (Å²) in [7, 11) is 3.81. The quantitative estimate of drug-likeness (QED) is 0.431. The van der Waals surface area contributed by atoms with Gasteiger partial charge in [0.05, 0.1) is 6.20 Å². The van der Waals surface area contributed by atoms with Crippen LogP contribution in [0, 0.1) is 0 Å². The van der Waals surface area contributed by atoms with Crippen LogP contribution < -0.4 is 4.90 Å². The number of ether oxygens (including phenoxy) is 1. The van der Waals surface area contributed by atoms with Gasteiger partial charge in [-0.05, 0) is 30.7 Å². The first kappa shape index (κ1) is 17.6. The fourth-order valence-electron chi connectivity index (χ4n) is 2.64. The number of benzene rings is 2. The smallest absolute Gasteiger partial charge is 0.174 e. The first-order chi connectivity index (χ1) is 12.3. The zero-order valence-electron chi connectivity index (χ0n) is 14.6. The maximum atomic E-state index is 5.15. The summed E-state index contributed by atoms with van der Waals surface area (Å²) in [5.41, 5.74) is 2.25. The Balaban J connectivity index is 1.94. The van der Waals surface area contributed by atoms with Crippen molar-refractivity contribution in [2.24, 2.45) is 0 Å². The van der Waals surface area contributed by atoms with Crippen LogP contribution in [0.3, 0.4) is 0 Å². The van der Waals surface area contributed by atoms with Crippen LogP contribution in [0.15, 0.2) is 72.0 Å². The number of methoxy groups -OCH3 is 1. The van der Waals surface area contributed by atoms with Crippen LogP contribution in [0.2, 0.25) is 0 Å². The maximum Gasteiger partial charge on any atom is 0.174 e. The van der Waals surface area contributed by atoms with Gasteiger partial charge in [0.15, 0.2) is 5.16 Å². The molecule has 130 valence electrons. The number of hydrogen-bond donors (Lipinski definition) is 0. The minimum absolute atomic E-state index is 0.774. The molecule has 1 heterocycles. The van der Waals surface area contributed by atoms with Crippen molar-refractivity contribution < 1.29 is 4.74 Å². The van der Waals surface area contributed by atoms with E-state index in [1.165, 1.54) is 0 Å². The van der Waals surface area contributed by atoms with Crippen LogP contribution in [0.5, 0.6) is 0 Å². The summed E-state index contributed by atoms with van der Waals surface area (Å²) < 4.78 is 7.36. The van der Waals surface area contributed by atoms with Gasteiger partial charge in [0.2, 0.25) is 0 Å². The first-order valence-corrected chi connectivity index (χ1v) is 9.33. The van der Waals surface area contributed by atoms with E-state index in [4.69, 9.17) is 4.74 Å². The lowest BCUT2D eigenvalue weighted by molar-refractivity contribution is 0.200. The molecule has 0 amide bonds. The Hall–Kier alpha value is -2.24. The number of anilines is 2. The highest BCUT2D eigenvalue weighted by Crippen LogP contribution is 2.31. The highest BCUT2D eigenvalue weighted by molar-refractivity contribution is 7.99. The lowest BCUT2D eigenvalue weighted by Gasteiger charge is -2.21. The largest absolute Gasteiger partial charge is 0.385 e. The van der Waals surface area contributed by atoms with Gasteiger partial charge in [-0.25, -0.2) is 4.98 Å². The summed E-state index contributed by atoms with van der Waals surface area (Å²) in [6, 6.07) is 20.7. The summed E-state index contributed by atoms with van der Waals surface area (Å²) >= 11 is 1.76. The fraction of sp³-hybridized carbons (Fsp3) is 0.250. The molecule has 25 heavy (non-hydrogen) atoms. The Morgan fingerprint density at radius 1 is 1.04 bits per heavy atom. The van der Waals surface area contributed by atoms with Crippen molar-refractivity contribution in [3.05, 3.63) is 66.9 Å². The molecule has 4 nitrogen and oxygen atoms in total. The monoisotopic (exact) mass is 353 g/mol. The molecule has 0 fully saturated rings. The molecule has 0 aliphatic heterocycles. The third-order valence-electron chi connectivity index (χ3n) is 3.94. The van der Waals surface area contributed by atoms with E-state index in [1.807, 2.05) is 18.3 Å². The molecule has 0 N–H and O–H groups in total. The average molecular weight is 353 g/mol. The normalized spacial score (nSPS) is 10.8. The molecular formula is C20H23N3OS. The second-order valence-electron chi connectivity index (χ2n) is 5.66. The molecule has 0 saturated carbocycles. The Labute approximate surface area is 153 Å². The minimum atomic E-state index is 0.774. The van der Waals surface area contributed by atoms with Gasteiger partial charge in [0, 0.05) is 37.9 Å². The number of thioether (sulfide) groups is 1. The highest BCUT2D eigenvalue weighted by atomic mass is 32.2. The van der Waals surface area contributed by atoms with Crippen LogP contribution in [-0.2, 0) is 4.74 Å². The predicted molar refractivity (Wildman–Crippen MR) is 105 cm³/mol. The van der Waals surface area contributed by atoms with Gasteiger partial charge in [0.1, 0.15) is 5.82 Å². The predicted octanol–water partition coefficient (Wildman–Crippen LogP) is 4.77. The molecule has 1 aromatic heterocycles. The molecule has 3 aromatic rings. The van der Waals surface area contributed by atoms with Gasteiger partial charge >= 0.3 is 0 Å². The zero-order valence-corrected chi connectivity index (χ0v) is 15.4. The SMILES string of the molecule is COCCCSc1ncc(N(C)c2ccccc2)n1-c1ccccc1. The van der Waals surface area contributed by atoms with Crippen LogP contribution >= 0.6 is 11.8 Å². The lowest BCUT2D eigenvalue weighted by Crippen LogP contribution is -2.14. The molecule has 2 aromatic carbocycles. The Morgan fingerprint density at radius 2 is 1.72 bits per heavy atom. The molecular weight excluding hydrogens is 330 g/mol. The molecule has 0 aliphatic carbocycles. The van der Waals surface area contributed by atoms with Crippen molar-refractivity contribution in [1.29, 1.82) is 0 Å².